The normalized spacial score (nSPS) is 11.4. The van der Waals surface area contributed by atoms with Crippen LogP contribution in [-0.4, -0.2) is 117 Å². The van der Waals surface area contributed by atoms with Crippen LogP contribution in [0.3, 0.4) is 0 Å². The molecule has 0 unspecified atom stereocenters. The number of aliphatic hydroxyl groups is 1. The fourth-order valence-electron chi connectivity index (χ4n) is 4.63. The highest BCUT2D eigenvalue weighted by molar-refractivity contribution is 5.69. The fraction of sp³-hybridized carbons (Fsp3) is 0.867. The standard InChI is InChI=1S/C30H57N3O6/c1-2-3-4-5-6-7-8-9-29-39-30(38)15-23-32(22-14-27-36)17-11-19-33(24-28-37)18-10-16-31(20-12-25-34)21-13-26-35/h25-27,37H,2-24,28-29H2,1H3. The first kappa shape index (κ1) is 37.3. The number of aliphatic hydroxyl groups excluding tert-OH is 1. The highest BCUT2D eigenvalue weighted by atomic mass is 16.5. The summed E-state index contributed by atoms with van der Waals surface area (Å²) in [7, 11) is 0. The lowest BCUT2D eigenvalue weighted by Crippen LogP contribution is -2.35. The van der Waals surface area contributed by atoms with Gasteiger partial charge in [0.25, 0.3) is 0 Å². The number of carbonyl (C=O) groups is 4. The molecule has 228 valence electrons. The van der Waals surface area contributed by atoms with Gasteiger partial charge in [-0.25, -0.2) is 0 Å². The first-order valence-corrected chi connectivity index (χ1v) is 15.4. The molecule has 0 aromatic heterocycles. The summed E-state index contributed by atoms with van der Waals surface area (Å²) < 4.78 is 5.42. The van der Waals surface area contributed by atoms with Crippen LogP contribution in [0.25, 0.3) is 0 Å². The van der Waals surface area contributed by atoms with Crippen molar-refractivity contribution in [2.75, 3.05) is 72.1 Å². The quantitative estimate of drug-likeness (QED) is 0.0781. The molecule has 0 aliphatic heterocycles. The van der Waals surface area contributed by atoms with E-state index >= 15 is 0 Å². The maximum absolute atomic E-state index is 12.2. The van der Waals surface area contributed by atoms with E-state index < -0.39 is 0 Å². The van der Waals surface area contributed by atoms with Gasteiger partial charge in [-0.05, 0) is 45.4 Å². The van der Waals surface area contributed by atoms with E-state index in [2.05, 4.69) is 21.6 Å². The van der Waals surface area contributed by atoms with Crippen molar-refractivity contribution in [2.24, 2.45) is 0 Å². The van der Waals surface area contributed by atoms with Crippen LogP contribution in [0.2, 0.25) is 0 Å². The molecular formula is C30H57N3O6. The summed E-state index contributed by atoms with van der Waals surface area (Å²) in [4.78, 5) is 51.0. The predicted octanol–water partition coefficient (Wildman–Crippen LogP) is 3.51. The molecule has 0 saturated heterocycles. The van der Waals surface area contributed by atoms with E-state index in [0.29, 0.717) is 65.0 Å². The maximum Gasteiger partial charge on any atom is 0.307 e. The van der Waals surface area contributed by atoms with Gasteiger partial charge in [0.15, 0.2) is 0 Å². The molecule has 0 saturated carbocycles. The zero-order valence-electron chi connectivity index (χ0n) is 24.7. The summed E-state index contributed by atoms with van der Waals surface area (Å²) in [5, 5.41) is 9.48. The molecule has 0 aliphatic rings. The van der Waals surface area contributed by atoms with Gasteiger partial charge in [0.05, 0.1) is 19.6 Å². The number of hydrogen-bond acceptors (Lipinski definition) is 9. The van der Waals surface area contributed by atoms with Crippen molar-refractivity contribution in [3.63, 3.8) is 0 Å². The second-order valence-corrected chi connectivity index (χ2v) is 10.3. The SMILES string of the molecule is CCCCCCCCCCOC(=O)CCN(CCC=O)CCCN(CCO)CCCN(CCC=O)CCC=O. The first-order chi connectivity index (χ1) is 19.1. The van der Waals surface area contributed by atoms with Gasteiger partial charge in [-0.15, -0.1) is 0 Å². The summed E-state index contributed by atoms with van der Waals surface area (Å²) in [5.74, 6) is -0.176. The maximum atomic E-state index is 12.2. The lowest BCUT2D eigenvalue weighted by molar-refractivity contribution is -0.144. The Morgan fingerprint density at radius 3 is 1.49 bits per heavy atom. The molecule has 0 spiro atoms. The second-order valence-electron chi connectivity index (χ2n) is 10.3. The van der Waals surface area contributed by atoms with Crippen LogP contribution >= 0.6 is 0 Å². The number of carbonyl (C=O) groups excluding carboxylic acids is 4. The monoisotopic (exact) mass is 555 g/mol. The van der Waals surface area contributed by atoms with E-state index in [0.717, 1.165) is 70.7 Å². The van der Waals surface area contributed by atoms with Crippen molar-refractivity contribution in [3.05, 3.63) is 0 Å². The van der Waals surface area contributed by atoms with Crippen molar-refractivity contribution < 1.29 is 29.0 Å². The first-order valence-electron chi connectivity index (χ1n) is 15.4. The summed E-state index contributed by atoms with van der Waals surface area (Å²) in [6, 6.07) is 0. The number of hydrogen-bond donors (Lipinski definition) is 1. The van der Waals surface area contributed by atoms with Crippen LogP contribution in [0, 0.1) is 0 Å². The van der Waals surface area contributed by atoms with Gasteiger partial charge >= 0.3 is 5.97 Å². The third-order valence-electron chi connectivity index (χ3n) is 6.90. The molecule has 39 heavy (non-hydrogen) atoms. The van der Waals surface area contributed by atoms with Gasteiger partial charge < -0.3 is 38.9 Å². The smallest absolute Gasteiger partial charge is 0.307 e. The van der Waals surface area contributed by atoms with Crippen LogP contribution in [0.15, 0.2) is 0 Å². The average molecular weight is 556 g/mol. The van der Waals surface area contributed by atoms with Crippen LogP contribution in [0.4, 0.5) is 0 Å². The van der Waals surface area contributed by atoms with Crippen molar-refractivity contribution in [1.29, 1.82) is 0 Å². The molecule has 1 N–H and O–H groups in total. The van der Waals surface area contributed by atoms with E-state index in [-0.39, 0.29) is 12.6 Å². The largest absolute Gasteiger partial charge is 0.466 e. The van der Waals surface area contributed by atoms with Gasteiger partial charge in [-0.1, -0.05) is 51.9 Å². The number of unbranched alkanes of at least 4 members (excludes halogenated alkanes) is 7. The Kier molecular flexibility index (Phi) is 28.0. The highest BCUT2D eigenvalue weighted by Gasteiger charge is 2.12. The summed E-state index contributed by atoms with van der Waals surface area (Å²) >= 11 is 0. The summed E-state index contributed by atoms with van der Waals surface area (Å²) in [6.07, 6.45) is 15.8. The van der Waals surface area contributed by atoms with Crippen LogP contribution in [0.5, 0.6) is 0 Å². The van der Waals surface area contributed by atoms with Crippen molar-refractivity contribution in [3.8, 4) is 0 Å². The van der Waals surface area contributed by atoms with Crippen molar-refractivity contribution in [2.45, 2.75) is 96.8 Å². The molecule has 0 aromatic rings. The number of aldehydes is 3. The van der Waals surface area contributed by atoms with Gasteiger partial charge in [0.2, 0.25) is 0 Å². The number of esters is 1. The van der Waals surface area contributed by atoms with Gasteiger partial charge in [0.1, 0.15) is 18.9 Å². The number of ether oxygens (including phenoxy) is 1. The van der Waals surface area contributed by atoms with E-state index in [1.807, 2.05) is 0 Å². The average Bonchev–Trinajstić information content (AvgIpc) is 2.94. The molecule has 9 nitrogen and oxygen atoms in total. The Balaban J connectivity index is 4.28. The minimum Gasteiger partial charge on any atom is -0.466 e. The molecule has 0 fully saturated rings. The molecule has 9 heteroatoms. The Morgan fingerprint density at radius 1 is 0.590 bits per heavy atom. The molecule has 0 aromatic carbocycles. The molecule has 0 atom stereocenters. The van der Waals surface area contributed by atoms with Gasteiger partial charge in [-0.2, -0.15) is 0 Å². The molecule has 0 amide bonds. The minimum absolute atomic E-state index is 0.0829. The van der Waals surface area contributed by atoms with Crippen LogP contribution in [0.1, 0.15) is 96.8 Å². The lowest BCUT2D eigenvalue weighted by atomic mass is 10.1. The zero-order chi connectivity index (χ0) is 28.8. The molecule has 0 rings (SSSR count). The Hall–Kier alpha value is -1.68. The number of nitrogens with zero attached hydrogens (tertiary/aromatic N) is 3. The zero-order valence-corrected chi connectivity index (χ0v) is 24.7. The van der Waals surface area contributed by atoms with E-state index in [1.54, 1.807) is 0 Å². The molecule has 0 bridgehead atoms. The second kappa shape index (κ2) is 29.3. The summed E-state index contributed by atoms with van der Waals surface area (Å²) in [6.45, 7) is 9.09. The van der Waals surface area contributed by atoms with Gasteiger partial charge in [0, 0.05) is 52.0 Å². The Morgan fingerprint density at radius 2 is 1.03 bits per heavy atom. The Labute approximate surface area is 237 Å². The van der Waals surface area contributed by atoms with Crippen molar-refractivity contribution >= 4 is 24.8 Å². The lowest BCUT2D eigenvalue weighted by Gasteiger charge is -2.26. The predicted molar refractivity (Wildman–Crippen MR) is 156 cm³/mol. The van der Waals surface area contributed by atoms with E-state index in [1.165, 1.54) is 38.5 Å². The van der Waals surface area contributed by atoms with E-state index in [9.17, 15) is 24.3 Å². The number of rotatable bonds is 31. The third kappa shape index (κ3) is 25.1. The molecule has 0 radical (unpaired) electrons. The molecule has 0 heterocycles. The minimum atomic E-state index is -0.176. The summed E-state index contributed by atoms with van der Waals surface area (Å²) in [5.41, 5.74) is 0. The molecular weight excluding hydrogens is 498 g/mol. The third-order valence-corrected chi connectivity index (χ3v) is 6.90. The topological polar surface area (TPSA) is 107 Å². The fourth-order valence-corrected chi connectivity index (χ4v) is 4.63. The van der Waals surface area contributed by atoms with Crippen LogP contribution in [-0.2, 0) is 23.9 Å². The van der Waals surface area contributed by atoms with Crippen molar-refractivity contribution in [1.82, 2.24) is 14.7 Å². The van der Waals surface area contributed by atoms with Crippen LogP contribution < -0.4 is 0 Å². The molecule has 0 aliphatic carbocycles. The Bertz CT molecular complexity index is 581. The van der Waals surface area contributed by atoms with Gasteiger partial charge in [-0.3, -0.25) is 4.79 Å². The van der Waals surface area contributed by atoms with E-state index in [4.69, 9.17) is 4.74 Å². The highest BCUT2D eigenvalue weighted by Crippen LogP contribution is 2.09.